The van der Waals surface area contributed by atoms with Gasteiger partial charge in [-0.2, -0.15) is 0 Å². The van der Waals surface area contributed by atoms with Crippen LogP contribution >= 0.6 is 0 Å². The first-order chi connectivity index (χ1) is 3.18. The predicted octanol–water partition coefficient (Wildman–Crippen LogP) is 2.03. The van der Waals surface area contributed by atoms with Gasteiger partial charge in [0.2, 0.25) is 0 Å². The zero-order valence-corrected chi connectivity index (χ0v) is 4.77. The number of ketones is 1. The Balaban J connectivity index is 0. The second-order valence-electron chi connectivity index (χ2n) is 1.76. The van der Waals surface area contributed by atoms with Crippen molar-refractivity contribution < 1.29 is 4.79 Å². The van der Waals surface area contributed by atoms with Gasteiger partial charge in [0.25, 0.3) is 0 Å². The maximum atomic E-state index is 10.4. The Kier molecular flexibility index (Phi) is 5.94. The van der Waals surface area contributed by atoms with Gasteiger partial charge in [-0.05, 0) is 6.08 Å². The van der Waals surface area contributed by atoms with Crippen molar-refractivity contribution in [2.24, 2.45) is 5.92 Å². The van der Waals surface area contributed by atoms with Gasteiger partial charge < -0.3 is 0 Å². The molecule has 0 aliphatic heterocycles. The molecule has 48 valence electrons. The van der Waals surface area contributed by atoms with Gasteiger partial charge in [0.1, 0.15) is 0 Å². The zero-order valence-electron chi connectivity index (χ0n) is 4.77. The lowest BCUT2D eigenvalue weighted by atomic mass is 10.1. The molecule has 0 radical (unpaired) electrons. The minimum absolute atomic E-state index is 0. The number of allylic oxidation sites excluding steroid dienone is 1. The van der Waals surface area contributed by atoms with E-state index >= 15 is 0 Å². The lowest BCUT2D eigenvalue weighted by Crippen LogP contribution is -2.00. The molecule has 0 saturated heterocycles. The molecule has 0 aliphatic rings. The number of hydrogen-bond acceptors (Lipinski definition) is 1. The SMILES string of the molecule is C.C=CC(=O)C(C)C. The molecule has 0 N–H and O–H groups in total. The van der Waals surface area contributed by atoms with E-state index in [0.717, 1.165) is 0 Å². The molecule has 0 bridgehead atoms. The Morgan fingerprint density at radius 2 is 2.00 bits per heavy atom. The standard InChI is InChI=1S/C6H10O.CH4/c1-4-6(7)5(2)3;/h4-5H,1H2,2-3H3;1H4. The molecule has 0 aromatic heterocycles. The van der Waals surface area contributed by atoms with Crippen LogP contribution in [-0.2, 0) is 4.79 Å². The van der Waals surface area contributed by atoms with Crippen LogP contribution in [0.25, 0.3) is 0 Å². The normalized spacial score (nSPS) is 7.88. The van der Waals surface area contributed by atoms with E-state index in [2.05, 4.69) is 6.58 Å². The molecule has 0 unspecified atom stereocenters. The third kappa shape index (κ3) is 3.59. The third-order valence-electron chi connectivity index (χ3n) is 0.770. The molecule has 1 heteroatoms. The van der Waals surface area contributed by atoms with E-state index < -0.39 is 0 Å². The quantitative estimate of drug-likeness (QED) is 0.502. The monoisotopic (exact) mass is 114 g/mol. The topological polar surface area (TPSA) is 17.1 Å². The van der Waals surface area contributed by atoms with E-state index in [1.54, 1.807) is 0 Å². The van der Waals surface area contributed by atoms with Crippen molar-refractivity contribution in [2.75, 3.05) is 0 Å². The lowest BCUT2D eigenvalue weighted by Gasteiger charge is -1.92. The number of rotatable bonds is 2. The Morgan fingerprint density at radius 1 is 1.62 bits per heavy atom. The van der Waals surface area contributed by atoms with E-state index in [0.29, 0.717) is 0 Å². The highest BCUT2D eigenvalue weighted by Gasteiger charge is 1.98. The van der Waals surface area contributed by atoms with Crippen LogP contribution in [0.2, 0.25) is 0 Å². The van der Waals surface area contributed by atoms with E-state index in [4.69, 9.17) is 0 Å². The highest BCUT2D eigenvalue weighted by Crippen LogP contribution is 1.92. The van der Waals surface area contributed by atoms with Crippen molar-refractivity contribution in [3.63, 3.8) is 0 Å². The smallest absolute Gasteiger partial charge is 0.157 e. The highest BCUT2D eigenvalue weighted by atomic mass is 16.1. The van der Waals surface area contributed by atoms with E-state index in [-0.39, 0.29) is 19.1 Å². The molecule has 0 aliphatic carbocycles. The Morgan fingerprint density at radius 3 is 2.00 bits per heavy atom. The maximum Gasteiger partial charge on any atom is 0.157 e. The summed E-state index contributed by atoms with van der Waals surface area (Å²) in [5, 5.41) is 0. The van der Waals surface area contributed by atoms with Gasteiger partial charge in [0.05, 0.1) is 0 Å². The van der Waals surface area contributed by atoms with Crippen molar-refractivity contribution >= 4 is 5.78 Å². The largest absolute Gasteiger partial charge is 0.295 e. The van der Waals surface area contributed by atoms with Crippen LogP contribution in [0.4, 0.5) is 0 Å². The van der Waals surface area contributed by atoms with Crippen LogP contribution in [0.3, 0.4) is 0 Å². The van der Waals surface area contributed by atoms with Gasteiger partial charge in [-0.1, -0.05) is 27.9 Å². The van der Waals surface area contributed by atoms with E-state index in [1.165, 1.54) is 6.08 Å². The summed E-state index contributed by atoms with van der Waals surface area (Å²) in [7, 11) is 0. The van der Waals surface area contributed by atoms with Crippen molar-refractivity contribution in [3.05, 3.63) is 12.7 Å². The van der Waals surface area contributed by atoms with Crippen LogP contribution in [-0.4, -0.2) is 5.78 Å². The lowest BCUT2D eigenvalue weighted by molar-refractivity contribution is -0.117. The van der Waals surface area contributed by atoms with E-state index in [1.807, 2.05) is 13.8 Å². The molecule has 0 amide bonds. The highest BCUT2D eigenvalue weighted by molar-refractivity contribution is 5.90. The maximum absolute atomic E-state index is 10.4. The molecular formula is C7H14O. The van der Waals surface area contributed by atoms with Crippen molar-refractivity contribution in [1.29, 1.82) is 0 Å². The number of carbonyl (C=O) groups is 1. The van der Waals surface area contributed by atoms with Crippen LogP contribution in [0.5, 0.6) is 0 Å². The Hall–Kier alpha value is -0.590. The van der Waals surface area contributed by atoms with Gasteiger partial charge in [-0.25, -0.2) is 0 Å². The summed E-state index contributed by atoms with van der Waals surface area (Å²) >= 11 is 0. The van der Waals surface area contributed by atoms with Crippen molar-refractivity contribution in [3.8, 4) is 0 Å². The fourth-order valence-electron chi connectivity index (χ4n) is 0.236. The Labute approximate surface area is 51.4 Å². The first-order valence-corrected chi connectivity index (χ1v) is 2.34. The molecule has 0 heterocycles. The summed E-state index contributed by atoms with van der Waals surface area (Å²) in [5.74, 6) is 0.220. The van der Waals surface area contributed by atoms with Crippen LogP contribution in [0, 0.1) is 5.92 Å². The predicted molar refractivity (Wildman–Crippen MR) is 36.8 cm³/mol. The molecule has 1 nitrogen and oxygen atoms in total. The summed E-state index contributed by atoms with van der Waals surface area (Å²) in [4.78, 5) is 10.4. The summed E-state index contributed by atoms with van der Waals surface area (Å²) in [6, 6.07) is 0. The number of carbonyl (C=O) groups excluding carboxylic acids is 1. The zero-order chi connectivity index (χ0) is 5.86. The molecule has 0 aromatic carbocycles. The first kappa shape index (κ1) is 10.4. The minimum atomic E-state index is 0. The fraction of sp³-hybridized carbons (Fsp3) is 0.571. The fourth-order valence-corrected chi connectivity index (χ4v) is 0.236. The summed E-state index contributed by atoms with van der Waals surface area (Å²) < 4.78 is 0. The van der Waals surface area contributed by atoms with Crippen molar-refractivity contribution in [2.45, 2.75) is 21.3 Å². The van der Waals surface area contributed by atoms with Gasteiger partial charge in [-0.3, -0.25) is 4.79 Å². The molecule has 0 atom stereocenters. The molecule has 8 heavy (non-hydrogen) atoms. The second-order valence-corrected chi connectivity index (χ2v) is 1.76. The van der Waals surface area contributed by atoms with Gasteiger partial charge in [-0.15, -0.1) is 0 Å². The first-order valence-electron chi connectivity index (χ1n) is 2.34. The summed E-state index contributed by atoms with van der Waals surface area (Å²) in [5.41, 5.74) is 0. The molecule has 0 fully saturated rings. The summed E-state index contributed by atoms with van der Waals surface area (Å²) in [6.45, 7) is 7.03. The molecular weight excluding hydrogens is 100 g/mol. The third-order valence-corrected chi connectivity index (χ3v) is 0.770. The average molecular weight is 114 g/mol. The molecule has 0 aromatic rings. The molecule has 0 saturated carbocycles. The molecule has 0 rings (SSSR count). The average Bonchev–Trinajstić information content (AvgIpc) is 1.65. The number of hydrogen-bond donors (Lipinski definition) is 0. The molecule has 0 spiro atoms. The van der Waals surface area contributed by atoms with E-state index in [9.17, 15) is 4.79 Å². The summed E-state index contributed by atoms with van der Waals surface area (Å²) in [6.07, 6.45) is 1.35. The van der Waals surface area contributed by atoms with Gasteiger partial charge in [0.15, 0.2) is 5.78 Å². The van der Waals surface area contributed by atoms with Crippen LogP contribution in [0.1, 0.15) is 21.3 Å². The van der Waals surface area contributed by atoms with Gasteiger partial charge >= 0.3 is 0 Å². The second kappa shape index (κ2) is 4.57. The van der Waals surface area contributed by atoms with Gasteiger partial charge in [0, 0.05) is 5.92 Å². The van der Waals surface area contributed by atoms with Crippen LogP contribution in [0.15, 0.2) is 12.7 Å². The Bertz CT molecular complexity index is 82.4. The minimum Gasteiger partial charge on any atom is -0.295 e. The van der Waals surface area contributed by atoms with Crippen LogP contribution < -0.4 is 0 Å². The van der Waals surface area contributed by atoms with Crippen molar-refractivity contribution in [1.82, 2.24) is 0 Å².